The molecule has 0 spiro atoms. The van der Waals surface area contributed by atoms with Gasteiger partial charge in [-0.2, -0.15) is 5.10 Å². The van der Waals surface area contributed by atoms with Crippen molar-refractivity contribution in [1.82, 2.24) is 20.0 Å². The Morgan fingerprint density at radius 3 is 2.56 bits per heavy atom. The number of likely N-dealkylation sites (tertiary alicyclic amines) is 1. The van der Waals surface area contributed by atoms with E-state index in [1.807, 2.05) is 48.5 Å². The van der Waals surface area contributed by atoms with Gasteiger partial charge < -0.3 is 15.5 Å². The molecule has 0 amide bonds. The van der Waals surface area contributed by atoms with Gasteiger partial charge in [-0.25, -0.2) is 4.68 Å². The fourth-order valence-electron chi connectivity index (χ4n) is 6.42. The van der Waals surface area contributed by atoms with Crippen molar-refractivity contribution in [3.05, 3.63) is 104 Å². The molecule has 1 fully saturated rings. The number of anilines is 1. The van der Waals surface area contributed by atoms with Gasteiger partial charge in [-0.3, -0.25) is 9.79 Å². The van der Waals surface area contributed by atoms with Gasteiger partial charge in [-0.05, 0) is 106 Å². The van der Waals surface area contributed by atoms with Crippen LogP contribution in [0.2, 0.25) is 5.02 Å². The zero-order valence-electron chi connectivity index (χ0n) is 25.0. The molecule has 2 aliphatic heterocycles. The highest BCUT2D eigenvalue weighted by Gasteiger charge is 2.21. The van der Waals surface area contributed by atoms with E-state index >= 15 is 0 Å². The fraction of sp³-hybridized carbons (Fsp3) is 0.400. The van der Waals surface area contributed by atoms with Crippen LogP contribution in [0.3, 0.4) is 0 Å². The van der Waals surface area contributed by atoms with E-state index in [0.717, 1.165) is 78.5 Å². The molecule has 0 saturated carbocycles. The number of hydrogen-bond acceptors (Lipinski definition) is 6. The SMILES string of the molecule is CN1CCCC(n2nc(Cc3ccc(Cl)cc3)c3ccccc3c2=O)CC1.c1cc2c(c(NC3=NCCN3)c1)CCCC2. The Kier molecular flexibility index (Phi) is 9.39. The maximum absolute atomic E-state index is 13.1. The standard InChI is InChI=1S/C22H24ClN3O.C13H17N3/c1-25-13-4-5-18(12-14-25)26-22(27)20-7-3-2-6-19(20)21(24-26)15-16-8-10-17(23)11-9-16;1-2-6-11-10(4-1)5-3-7-12(11)16-13-14-8-9-15-13/h2-3,6-11,18H,4-5,12-15H2,1H3;3,5,7H,1-2,4,6,8-9H2,(H2,14,15,16). The molecule has 7 nitrogen and oxygen atoms in total. The largest absolute Gasteiger partial charge is 0.354 e. The second kappa shape index (κ2) is 13.7. The highest BCUT2D eigenvalue weighted by Crippen LogP contribution is 2.28. The monoisotopic (exact) mass is 596 g/mol. The molecule has 4 aromatic rings. The van der Waals surface area contributed by atoms with Gasteiger partial charge in [0.05, 0.1) is 23.7 Å². The number of rotatable bonds is 4. The highest BCUT2D eigenvalue weighted by molar-refractivity contribution is 6.30. The molecule has 43 heavy (non-hydrogen) atoms. The summed E-state index contributed by atoms with van der Waals surface area (Å²) in [5, 5.41) is 13.9. The lowest BCUT2D eigenvalue weighted by molar-refractivity contribution is 0.334. The molecule has 3 aliphatic rings. The van der Waals surface area contributed by atoms with Gasteiger partial charge in [-0.1, -0.05) is 54.1 Å². The first-order chi connectivity index (χ1) is 21.0. The van der Waals surface area contributed by atoms with E-state index in [-0.39, 0.29) is 11.6 Å². The first-order valence-corrected chi connectivity index (χ1v) is 16.0. The van der Waals surface area contributed by atoms with Crippen molar-refractivity contribution in [2.75, 3.05) is 38.5 Å². The first-order valence-electron chi connectivity index (χ1n) is 15.6. The summed E-state index contributed by atoms with van der Waals surface area (Å²) in [6.07, 6.45) is 8.80. The van der Waals surface area contributed by atoms with E-state index in [9.17, 15) is 4.79 Å². The summed E-state index contributed by atoms with van der Waals surface area (Å²) in [6.45, 7) is 3.92. The van der Waals surface area contributed by atoms with Crippen molar-refractivity contribution in [1.29, 1.82) is 0 Å². The van der Waals surface area contributed by atoms with Crippen molar-refractivity contribution >= 4 is 34.0 Å². The topological polar surface area (TPSA) is 74.5 Å². The summed E-state index contributed by atoms with van der Waals surface area (Å²) in [6, 6.07) is 22.4. The highest BCUT2D eigenvalue weighted by atomic mass is 35.5. The Bertz CT molecular complexity index is 1650. The lowest BCUT2D eigenvalue weighted by Gasteiger charge is -2.20. The van der Waals surface area contributed by atoms with Crippen molar-refractivity contribution in [2.45, 2.75) is 57.4 Å². The van der Waals surface area contributed by atoms with E-state index in [1.54, 1.807) is 4.68 Å². The number of benzene rings is 3. The number of aryl methyl sites for hydroxylation is 1. The van der Waals surface area contributed by atoms with Crippen LogP contribution in [0, 0.1) is 0 Å². The van der Waals surface area contributed by atoms with E-state index in [0.29, 0.717) is 6.42 Å². The smallest absolute Gasteiger partial charge is 0.274 e. The third kappa shape index (κ3) is 7.11. The zero-order chi connectivity index (χ0) is 29.6. The zero-order valence-corrected chi connectivity index (χ0v) is 25.7. The molecule has 7 rings (SSSR count). The minimum Gasteiger partial charge on any atom is -0.354 e. The van der Waals surface area contributed by atoms with Crippen LogP contribution in [0.4, 0.5) is 5.69 Å². The van der Waals surface area contributed by atoms with Crippen molar-refractivity contribution in [2.24, 2.45) is 4.99 Å². The molecule has 1 unspecified atom stereocenters. The molecule has 1 aromatic heterocycles. The number of fused-ring (bicyclic) bond motifs is 2. The van der Waals surface area contributed by atoms with Crippen LogP contribution in [0.15, 0.2) is 76.5 Å². The Morgan fingerprint density at radius 1 is 0.930 bits per heavy atom. The van der Waals surface area contributed by atoms with Gasteiger partial charge >= 0.3 is 0 Å². The Hall–Kier alpha value is -3.68. The van der Waals surface area contributed by atoms with E-state index in [4.69, 9.17) is 16.7 Å². The summed E-state index contributed by atoms with van der Waals surface area (Å²) < 4.78 is 1.76. The molecule has 0 radical (unpaired) electrons. The van der Waals surface area contributed by atoms with Crippen LogP contribution < -0.4 is 16.2 Å². The maximum Gasteiger partial charge on any atom is 0.274 e. The predicted octanol–water partition coefficient (Wildman–Crippen LogP) is 6.23. The summed E-state index contributed by atoms with van der Waals surface area (Å²) in [5.41, 5.74) is 6.36. The van der Waals surface area contributed by atoms with Crippen molar-refractivity contribution in [3.63, 3.8) is 0 Å². The third-order valence-electron chi connectivity index (χ3n) is 8.78. The lowest BCUT2D eigenvalue weighted by atomic mass is 9.90. The molecular weight excluding hydrogens is 556 g/mol. The second-order valence-electron chi connectivity index (χ2n) is 11.9. The van der Waals surface area contributed by atoms with E-state index in [2.05, 4.69) is 45.8 Å². The molecule has 3 heterocycles. The number of halogens is 1. The molecule has 224 valence electrons. The van der Waals surface area contributed by atoms with Crippen LogP contribution >= 0.6 is 11.6 Å². The van der Waals surface area contributed by atoms with Gasteiger partial charge in [0.15, 0.2) is 5.96 Å². The van der Waals surface area contributed by atoms with Crippen LogP contribution in [0.25, 0.3) is 10.8 Å². The van der Waals surface area contributed by atoms with Crippen LogP contribution in [0.1, 0.15) is 60.5 Å². The van der Waals surface area contributed by atoms with Crippen molar-refractivity contribution in [3.8, 4) is 0 Å². The summed E-state index contributed by atoms with van der Waals surface area (Å²) in [5.74, 6) is 0.930. The van der Waals surface area contributed by atoms with E-state index < -0.39 is 0 Å². The summed E-state index contributed by atoms with van der Waals surface area (Å²) in [7, 11) is 2.14. The average Bonchev–Trinajstić information content (AvgIpc) is 3.46. The normalized spacial score (nSPS) is 18.6. The Morgan fingerprint density at radius 2 is 1.74 bits per heavy atom. The quantitative estimate of drug-likeness (QED) is 0.292. The minimum atomic E-state index is 0.0278. The molecule has 3 aromatic carbocycles. The molecule has 2 N–H and O–H groups in total. The molecule has 8 heteroatoms. The Labute approximate surface area is 259 Å². The van der Waals surface area contributed by atoms with Gasteiger partial charge in [-0.15, -0.1) is 0 Å². The van der Waals surface area contributed by atoms with Gasteiger partial charge in [0.25, 0.3) is 5.56 Å². The number of aromatic nitrogens is 2. The average molecular weight is 597 g/mol. The molecular formula is C35H41ClN6O. The number of nitrogens with zero attached hydrogens (tertiary/aromatic N) is 4. The Balaban J connectivity index is 0.000000174. The van der Waals surface area contributed by atoms with Gasteiger partial charge in [0, 0.05) is 29.1 Å². The summed E-state index contributed by atoms with van der Waals surface area (Å²) >= 11 is 6.02. The summed E-state index contributed by atoms with van der Waals surface area (Å²) in [4.78, 5) is 19.8. The minimum absolute atomic E-state index is 0.0278. The van der Waals surface area contributed by atoms with Crippen LogP contribution in [-0.4, -0.2) is 53.9 Å². The van der Waals surface area contributed by atoms with Crippen LogP contribution in [0.5, 0.6) is 0 Å². The number of guanidine groups is 1. The lowest BCUT2D eigenvalue weighted by Crippen LogP contribution is -2.29. The molecule has 1 aliphatic carbocycles. The maximum atomic E-state index is 13.1. The van der Waals surface area contributed by atoms with E-state index in [1.165, 1.54) is 42.5 Å². The number of hydrogen-bond donors (Lipinski definition) is 2. The fourth-order valence-corrected chi connectivity index (χ4v) is 6.55. The van der Waals surface area contributed by atoms with Crippen LogP contribution in [-0.2, 0) is 19.3 Å². The molecule has 1 atom stereocenters. The van der Waals surface area contributed by atoms with Crippen molar-refractivity contribution < 1.29 is 0 Å². The molecule has 0 bridgehead atoms. The van der Waals surface area contributed by atoms with Gasteiger partial charge in [0.2, 0.25) is 0 Å². The van der Waals surface area contributed by atoms with Gasteiger partial charge in [0.1, 0.15) is 0 Å². The second-order valence-corrected chi connectivity index (χ2v) is 12.3. The third-order valence-corrected chi connectivity index (χ3v) is 9.03. The number of aliphatic imine (C=N–C) groups is 1. The molecule has 1 saturated heterocycles. The first kappa shape index (κ1) is 29.4. The predicted molar refractivity (Wildman–Crippen MR) is 178 cm³/mol. The number of nitrogens with one attached hydrogen (secondary N) is 2.